The Labute approximate surface area is 173 Å². The molecule has 4 aromatic rings. The minimum absolute atomic E-state index is 0.0726. The monoisotopic (exact) mass is 399 g/mol. The van der Waals surface area contributed by atoms with Gasteiger partial charge < -0.3 is 9.73 Å². The van der Waals surface area contributed by atoms with Gasteiger partial charge in [-0.3, -0.25) is 9.59 Å². The van der Waals surface area contributed by atoms with E-state index in [1.807, 2.05) is 67.6 Å². The highest BCUT2D eigenvalue weighted by molar-refractivity contribution is 6.03. The molecule has 0 aliphatic heterocycles. The highest BCUT2D eigenvalue weighted by atomic mass is 16.3. The van der Waals surface area contributed by atoms with Crippen molar-refractivity contribution in [3.05, 3.63) is 101 Å². The summed E-state index contributed by atoms with van der Waals surface area (Å²) in [5, 5.41) is 7.40. The third kappa shape index (κ3) is 3.80. The molecule has 0 aliphatic carbocycles. The number of furan rings is 1. The quantitative estimate of drug-likeness (QED) is 0.529. The average molecular weight is 399 g/mol. The smallest absolute Gasteiger partial charge is 0.280 e. The average Bonchev–Trinajstić information content (AvgIpc) is 3.32. The topological polar surface area (TPSA) is 77.1 Å². The second kappa shape index (κ2) is 8.61. The molecule has 0 saturated heterocycles. The third-order valence-corrected chi connectivity index (χ3v) is 4.80. The normalized spacial score (nSPS) is 10.7. The van der Waals surface area contributed by atoms with E-state index in [0.717, 1.165) is 11.1 Å². The molecular weight excluding hydrogens is 378 g/mol. The largest absolute Gasteiger partial charge is 0.467 e. The molecular formula is C24H21N3O3. The van der Waals surface area contributed by atoms with Crippen molar-refractivity contribution >= 4 is 5.91 Å². The second-order valence-corrected chi connectivity index (χ2v) is 6.71. The first-order valence-electron chi connectivity index (χ1n) is 9.75. The Morgan fingerprint density at radius 1 is 0.967 bits per heavy atom. The van der Waals surface area contributed by atoms with E-state index in [-0.39, 0.29) is 12.1 Å². The number of nitrogens with zero attached hydrogens (tertiary/aromatic N) is 2. The number of nitrogens with one attached hydrogen (secondary N) is 1. The second-order valence-electron chi connectivity index (χ2n) is 6.71. The van der Waals surface area contributed by atoms with Gasteiger partial charge in [0.1, 0.15) is 11.3 Å². The van der Waals surface area contributed by atoms with Crippen LogP contribution in [0, 0.1) is 0 Å². The van der Waals surface area contributed by atoms with Crippen LogP contribution in [0.3, 0.4) is 0 Å². The van der Waals surface area contributed by atoms with Crippen LogP contribution in [0.15, 0.2) is 88.3 Å². The van der Waals surface area contributed by atoms with E-state index < -0.39 is 11.5 Å². The van der Waals surface area contributed by atoms with Crippen LogP contribution in [-0.2, 0) is 13.1 Å². The number of aryl methyl sites for hydroxylation is 1. The number of amides is 1. The van der Waals surface area contributed by atoms with E-state index in [1.54, 1.807) is 18.4 Å². The standard InChI is InChI=1S/C24H21N3O3/c1-2-27-24(29)21(23(28)25-16-19-14-9-15-30-19)20(17-10-5-3-6-11-17)22(26-27)18-12-7-4-8-13-18/h3-15H,2,16H2,1H3,(H,25,28). The predicted octanol–water partition coefficient (Wildman–Crippen LogP) is 4.12. The first-order valence-corrected chi connectivity index (χ1v) is 9.75. The van der Waals surface area contributed by atoms with Crippen molar-refractivity contribution < 1.29 is 9.21 Å². The number of aromatic nitrogens is 2. The zero-order chi connectivity index (χ0) is 20.9. The Balaban J connectivity index is 1.92. The van der Waals surface area contributed by atoms with Crippen LogP contribution in [0.25, 0.3) is 22.4 Å². The van der Waals surface area contributed by atoms with Gasteiger partial charge in [-0.1, -0.05) is 60.7 Å². The predicted molar refractivity (Wildman–Crippen MR) is 115 cm³/mol. The molecule has 6 nitrogen and oxygen atoms in total. The van der Waals surface area contributed by atoms with E-state index in [0.29, 0.717) is 23.6 Å². The Morgan fingerprint density at radius 3 is 2.23 bits per heavy atom. The molecule has 2 aromatic heterocycles. The lowest BCUT2D eigenvalue weighted by atomic mass is 9.95. The molecule has 1 amide bonds. The molecule has 0 radical (unpaired) electrons. The van der Waals surface area contributed by atoms with Crippen molar-refractivity contribution in [1.29, 1.82) is 0 Å². The highest BCUT2D eigenvalue weighted by Gasteiger charge is 2.24. The summed E-state index contributed by atoms with van der Waals surface area (Å²) in [6.07, 6.45) is 1.54. The van der Waals surface area contributed by atoms with Gasteiger partial charge in [0.25, 0.3) is 11.5 Å². The third-order valence-electron chi connectivity index (χ3n) is 4.80. The van der Waals surface area contributed by atoms with Gasteiger partial charge in [-0.25, -0.2) is 4.68 Å². The summed E-state index contributed by atoms with van der Waals surface area (Å²) >= 11 is 0. The summed E-state index contributed by atoms with van der Waals surface area (Å²) < 4.78 is 6.62. The van der Waals surface area contributed by atoms with Crippen molar-refractivity contribution in [3.63, 3.8) is 0 Å². The van der Waals surface area contributed by atoms with Gasteiger partial charge in [-0.05, 0) is 24.6 Å². The van der Waals surface area contributed by atoms with Crippen molar-refractivity contribution in [2.45, 2.75) is 20.0 Å². The first kappa shape index (κ1) is 19.4. The van der Waals surface area contributed by atoms with Crippen LogP contribution in [-0.4, -0.2) is 15.7 Å². The lowest BCUT2D eigenvalue weighted by Gasteiger charge is -2.16. The highest BCUT2D eigenvalue weighted by Crippen LogP contribution is 2.32. The molecule has 2 heterocycles. The molecule has 0 aliphatic rings. The van der Waals surface area contributed by atoms with Gasteiger partial charge in [0.15, 0.2) is 0 Å². The summed E-state index contributed by atoms with van der Waals surface area (Å²) in [5.74, 6) is 0.148. The van der Waals surface area contributed by atoms with Crippen molar-refractivity contribution in [3.8, 4) is 22.4 Å². The van der Waals surface area contributed by atoms with Crippen LogP contribution in [0.2, 0.25) is 0 Å². The maximum Gasteiger partial charge on any atom is 0.280 e. The molecule has 0 bridgehead atoms. The lowest BCUT2D eigenvalue weighted by molar-refractivity contribution is 0.0946. The minimum Gasteiger partial charge on any atom is -0.467 e. The molecule has 1 N–H and O–H groups in total. The van der Waals surface area contributed by atoms with E-state index in [1.165, 1.54) is 4.68 Å². The molecule has 0 fully saturated rings. The number of carbonyl (C=O) groups excluding carboxylic acids is 1. The number of rotatable bonds is 6. The zero-order valence-electron chi connectivity index (χ0n) is 16.5. The number of hydrogen-bond donors (Lipinski definition) is 1. The summed E-state index contributed by atoms with van der Waals surface area (Å²) in [4.78, 5) is 26.4. The van der Waals surface area contributed by atoms with Crippen LogP contribution in [0.1, 0.15) is 23.0 Å². The molecule has 150 valence electrons. The Morgan fingerprint density at radius 2 is 1.63 bits per heavy atom. The molecule has 6 heteroatoms. The van der Waals surface area contributed by atoms with Crippen LogP contribution >= 0.6 is 0 Å². The van der Waals surface area contributed by atoms with Gasteiger partial charge in [-0.15, -0.1) is 0 Å². The van der Waals surface area contributed by atoms with Crippen molar-refractivity contribution in [2.24, 2.45) is 0 Å². The van der Waals surface area contributed by atoms with Crippen molar-refractivity contribution in [1.82, 2.24) is 15.1 Å². The molecule has 0 spiro atoms. The van der Waals surface area contributed by atoms with Gasteiger partial charge >= 0.3 is 0 Å². The molecule has 0 saturated carbocycles. The SMILES string of the molecule is CCn1nc(-c2ccccc2)c(-c2ccccc2)c(C(=O)NCc2ccco2)c1=O. The molecule has 2 aromatic carbocycles. The van der Waals surface area contributed by atoms with Gasteiger partial charge in [0.05, 0.1) is 18.5 Å². The van der Waals surface area contributed by atoms with Crippen molar-refractivity contribution in [2.75, 3.05) is 0 Å². The molecule has 0 atom stereocenters. The summed E-state index contributed by atoms with van der Waals surface area (Å²) in [5.41, 5.74) is 2.35. The number of benzene rings is 2. The number of carbonyl (C=O) groups is 1. The lowest BCUT2D eigenvalue weighted by Crippen LogP contribution is -2.35. The summed E-state index contributed by atoms with van der Waals surface area (Å²) in [6, 6.07) is 22.5. The zero-order valence-corrected chi connectivity index (χ0v) is 16.5. The fraction of sp³-hybridized carbons (Fsp3) is 0.125. The Hall–Kier alpha value is -3.93. The summed E-state index contributed by atoms with van der Waals surface area (Å²) in [6.45, 7) is 2.37. The molecule has 30 heavy (non-hydrogen) atoms. The fourth-order valence-corrected chi connectivity index (χ4v) is 3.35. The van der Waals surface area contributed by atoms with E-state index in [4.69, 9.17) is 4.42 Å². The molecule has 4 rings (SSSR count). The fourth-order valence-electron chi connectivity index (χ4n) is 3.35. The Bertz CT molecular complexity index is 1200. The first-order chi connectivity index (χ1) is 14.7. The van der Waals surface area contributed by atoms with Gasteiger partial charge in [-0.2, -0.15) is 5.10 Å². The van der Waals surface area contributed by atoms with E-state index in [9.17, 15) is 9.59 Å². The Kier molecular flexibility index (Phi) is 5.57. The van der Waals surface area contributed by atoms with E-state index in [2.05, 4.69) is 10.4 Å². The minimum atomic E-state index is -0.461. The maximum absolute atomic E-state index is 13.2. The van der Waals surface area contributed by atoms with Gasteiger partial charge in [0.2, 0.25) is 0 Å². The van der Waals surface area contributed by atoms with Gasteiger partial charge in [0, 0.05) is 17.7 Å². The summed E-state index contributed by atoms with van der Waals surface area (Å²) in [7, 11) is 0. The molecule has 0 unspecified atom stereocenters. The van der Waals surface area contributed by atoms with E-state index >= 15 is 0 Å². The number of hydrogen-bond acceptors (Lipinski definition) is 4. The van der Waals surface area contributed by atoms with Crippen LogP contribution in [0.4, 0.5) is 0 Å². The van der Waals surface area contributed by atoms with Crippen LogP contribution < -0.4 is 10.9 Å². The maximum atomic E-state index is 13.2. The van der Waals surface area contributed by atoms with Crippen LogP contribution in [0.5, 0.6) is 0 Å².